The zero-order valence-electron chi connectivity index (χ0n) is 21.6. The van der Waals surface area contributed by atoms with E-state index in [0.29, 0.717) is 35.4 Å². The van der Waals surface area contributed by atoms with Crippen molar-refractivity contribution < 1.29 is 19.2 Å². The van der Waals surface area contributed by atoms with E-state index in [9.17, 15) is 14.5 Å². The maximum absolute atomic E-state index is 13.4. The number of aliphatic hydroxyl groups is 1. The molecular formula is C27H37N5O4S. The van der Waals surface area contributed by atoms with Crippen LogP contribution in [0.3, 0.4) is 0 Å². The van der Waals surface area contributed by atoms with Crippen LogP contribution in [-0.4, -0.2) is 71.2 Å². The van der Waals surface area contributed by atoms with Crippen molar-refractivity contribution in [2.45, 2.75) is 44.1 Å². The molecule has 3 atom stereocenters. The molecule has 2 aromatic rings. The molecule has 1 aliphatic rings. The maximum atomic E-state index is 13.4. The minimum absolute atomic E-state index is 0.0522. The summed E-state index contributed by atoms with van der Waals surface area (Å²) in [5, 5.41) is 19.8. The fraction of sp³-hybridized carbons (Fsp3) is 0.481. The van der Waals surface area contributed by atoms with Crippen LogP contribution in [0.5, 0.6) is 5.75 Å². The number of pyridine rings is 1. The summed E-state index contributed by atoms with van der Waals surface area (Å²) in [5.74, 6) is 4.26. The second kappa shape index (κ2) is 14.1. The SMILES string of the molecule is C#CCNC[C@@H](O)[C@H](COc1ccccc1)NC(=O)c1cc(NCC2CC2)nc(N(C)[S+]([O-])C(C)C)c1. The summed E-state index contributed by atoms with van der Waals surface area (Å²) in [4.78, 5) is 18.0. The Balaban J connectivity index is 1.79. The fourth-order valence-electron chi connectivity index (χ4n) is 3.52. The van der Waals surface area contributed by atoms with Crippen LogP contribution >= 0.6 is 0 Å². The standard InChI is InChI=1S/C27H37N5O4S/c1-5-13-28-17-24(33)23(18-36-22-9-7-6-8-10-22)30-27(34)21-14-25(29-16-20-11-12-20)31-26(15-21)32(4)37(35)19(2)3/h1,6-10,14-15,19-20,23-24,28,33H,11-13,16-18H2,2-4H3,(H,29,31)(H,30,34)/t23-,24+,37?/m0/s1. The number of ether oxygens (including phenoxy) is 1. The summed E-state index contributed by atoms with van der Waals surface area (Å²) in [6.45, 7) is 5.02. The zero-order valence-corrected chi connectivity index (χ0v) is 22.5. The molecule has 0 radical (unpaired) electrons. The molecule has 0 aliphatic heterocycles. The van der Waals surface area contributed by atoms with Crippen molar-refractivity contribution in [3.05, 3.63) is 48.0 Å². The number of nitrogens with one attached hydrogen (secondary N) is 3. The molecule has 4 N–H and O–H groups in total. The summed E-state index contributed by atoms with van der Waals surface area (Å²) in [7, 11) is 1.70. The van der Waals surface area contributed by atoms with Gasteiger partial charge in [-0.15, -0.1) is 6.42 Å². The van der Waals surface area contributed by atoms with Gasteiger partial charge in [-0.2, -0.15) is 4.31 Å². The highest BCUT2D eigenvalue weighted by molar-refractivity contribution is 7.93. The Kier molecular flexibility index (Phi) is 10.9. The number of rotatable bonds is 15. The van der Waals surface area contributed by atoms with E-state index in [0.717, 1.165) is 6.54 Å². The average Bonchev–Trinajstić information content (AvgIpc) is 3.74. The monoisotopic (exact) mass is 527 g/mol. The number of aromatic nitrogens is 1. The largest absolute Gasteiger partial charge is 0.593 e. The van der Waals surface area contributed by atoms with Crippen molar-refractivity contribution in [2.75, 3.05) is 42.9 Å². The fourth-order valence-corrected chi connectivity index (χ4v) is 4.43. The molecule has 9 nitrogen and oxygen atoms in total. The zero-order chi connectivity index (χ0) is 26.8. The van der Waals surface area contributed by atoms with Gasteiger partial charge in [-0.05, 0) is 56.9 Å². The number of carbonyl (C=O) groups is 1. The molecule has 1 heterocycles. The van der Waals surface area contributed by atoms with Gasteiger partial charge >= 0.3 is 0 Å². The van der Waals surface area contributed by atoms with Gasteiger partial charge in [-0.1, -0.05) is 24.1 Å². The lowest BCUT2D eigenvalue weighted by Crippen LogP contribution is -2.50. The molecule has 37 heavy (non-hydrogen) atoms. The Hall–Kier alpha value is -2.97. The molecule has 1 amide bonds. The van der Waals surface area contributed by atoms with Crippen LogP contribution in [0.15, 0.2) is 42.5 Å². The second-order valence-corrected chi connectivity index (χ2v) is 11.4. The topological polar surface area (TPSA) is 122 Å². The molecule has 1 fully saturated rings. The van der Waals surface area contributed by atoms with Gasteiger partial charge in [0.2, 0.25) is 0 Å². The van der Waals surface area contributed by atoms with Crippen LogP contribution in [0, 0.1) is 18.3 Å². The van der Waals surface area contributed by atoms with Gasteiger partial charge in [0.05, 0.1) is 37.1 Å². The first-order valence-electron chi connectivity index (χ1n) is 12.5. The molecule has 0 bridgehead atoms. The second-order valence-electron chi connectivity index (χ2n) is 9.35. The highest BCUT2D eigenvalue weighted by Crippen LogP contribution is 2.29. The number of anilines is 2. The number of terminal acetylenes is 1. The predicted molar refractivity (Wildman–Crippen MR) is 148 cm³/mol. The third-order valence-corrected chi connectivity index (χ3v) is 7.41. The van der Waals surface area contributed by atoms with E-state index in [1.54, 1.807) is 35.6 Å². The van der Waals surface area contributed by atoms with Crippen LogP contribution in [0.2, 0.25) is 0 Å². The predicted octanol–water partition coefficient (Wildman–Crippen LogP) is 2.17. The summed E-state index contributed by atoms with van der Waals surface area (Å²) >= 11 is -1.32. The summed E-state index contributed by atoms with van der Waals surface area (Å²) < 4.78 is 20.1. The van der Waals surface area contributed by atoms with E-state index >= 15 is 0 Å². The molecule has 1 aliphatic carbocycles. The number of hydrogen-bond donors (Lipinski definition) is 4. The van der Waals surface area contributed by atoms with E-state index in [1.165, 1.54) is 12.8 Å². The average molecular weight is 528 g/mol. The van der Waals surface area contributed by atoms with E-state index in [2.05, 4.69) is 26.9 Å². The first-order chi connectivity index (χ1) is 17.8. The number of nitrogens with zero attached hydrogens (tertiary/aromatic N) is 2. The highest BCUT2D eigenvalue weighted by Gasteiger charge is 2.27. The molecule has 0 spiro atoms. The van der Waals surface area contributed by atoms with Crippen molar-refractivity contribution in [3.63, 3.8) is 0 Å². The third-order valence-electron chi connectivity index (χ3n) is 5.87. The summed E-state index contributed by atoms with van der Waals surface area (Å²) in [6.07, 6.45) is 6.69. The van der Waals surface area contributed by atoms with Crippen LogP contribution in [0.25, 0.3) is 0 Å². The molecule has 10 heteroatoms. The third kappa shape index (κ3) is 9.13. The smallest absolute Gasteiger partial charge is 0.251 e. The van der Waals surface area contributed by atoms with E-state index in [1.807, 2.05) is 32.0 Å². The normalized spacial score (nSPS) is 15.4. The van der Waals surface area contributed by atoms with Gasteiger partial charge in [0.15, 0.2) is 5.82 Å². The number of benzene rings is 1. The van der Waals surface area contributed by atoms with Crippen molar-refractivity contribution >= 4 is 28.9 Å². The van der Waals surface area contributed by atoms with Crippen LogP contribution < -0.4 is 25.0 Å². The molecule has 200 valence electrons. The van der Waals surface area contributed by atoms with Gasteiger partial charge in [0, 0.05) is 18.7 Å². The Bertz CT molecular complexity index is 1040. The Morgan fingerprint density at radius 3 is 2.70 bits per heavy atom. The number of hydrogen-bond acceptors (Lipinski definition) is 8. The van der Waals surface area contributed by atoms with Crippen molar-refractivity contribution in [1.29, 1.82) is 0 Å². The Labute approximate surface area is 222 Å². The molecule has 1 aromatic heterocycles. The Morgan fingerprint density at radius 1 is 1.32 bits per heavy atom. The number of carbonyl (C=O) groups excluding carboxylic acids is 1. The van der Waals surface area contributed by atoms with Crippen molar-refractivity contribution in [1.82, 2.24) is 15.6 Å². The number of para-hydroxylation sites is 1. The molecule has 3 rings (SSSR count). The van der Waals surface area contributed by atoms with Crippen LogP contribution in [-0.2, 0) is 11.4 Å². The first kappa shape index (κ1) is 28.6. The lowest BCUT2D eigenvalue weighted by molar-refractivity contribution is 0.0738. The molecular weight excluding hydrogens is 490 g/mol. The van der Waals surface area contributed by atoms with Crippen molar-refractivity contribution in [3.8, 4) is 18.1 Å². The van der Waals surface area contributed by atoms with Crippen LogP contribution in [0.4, 0.5) is 11.6 Å². The van der Waals surface area contributed by atoms with Gasteiger partial charge in [0.1, 0.15) is 23.4 Å². The molecule has 1 aromatic carbocycles. The van der Waals surface area contributed by atoms with Crippen LogP contribution in [0.1, 0.15) is 37.0 Å². The molecule has 1 unspecified atom stereocenters. The Morgan fingerprint density at radius 2 is 2.05 bits per heavy atom. The quantitative estimate of drug-likeness (QED) is 0.158. The molecule has 0 saturated heterocycles. The van der Waals surface area contributed by atoms with Crippen molar-refractivity contribution in [2.24, 2.45) is 5.92 Å². The van der Waals surface area contributed by atoms with Gasteiger partial charge in [-0.3, -0.25) is 4.79 Å². The number of amides is 1. The first-order valence-corrected chi connectivity index (χ1v) is 13.7. The van der Waals surface area contributed by atoms with E-state index in [-0.39, 0.29) is 18.4 Å². The maximum Gasteiger partial charge on any atom is 0.251 e. The summed E-state index contributed by atoms with van der Waals surface area (Å²) in [5.41, 5.74) is 0.337. The lowest BCUT2D eigenvalue weighted by atomic mass is 10.1. The van der Waals surface area contributed by atoms with Gasteiger partial charge in [-0.25, -0.2) is 4.98 Å². The van der Waals surface area contributed by atoms with E-state index in [4.69, 9.17) is 11.2 Å². The molecule has 1 saturated carbocycles. The van der Waals surface area contributed by atoms with Gasteiger partial charge in [0.25, 0.3) is 5.91 Å². The van der Waals surface area contributed by atoms with E-state index < -0.39 is 29.4 Å². The number of aliphatic hydroxyl groups excluding tert-OH is 1. The minimum atomic E-state index is -1.32. The highest BCUT2D eigenvalue weighted by atomic mass is 32.2. The van der Waals surface area contributed by atoms with Gasteiger partial charge < -0.3 is 30.3 Å². The summed E-state index contributed by atoms with van der Waals surface area (Å²) in [6, 6.07) is 11.7. The lowest BCUT2D eigenvalue weighted by Gasteiger charge is -2.26. The minimum Gasteiger partial charge on any atom is -0.593 e.